The molecule has 0 radical (unpaired) electrons. The van der Waals surface area contributed by atoms with E-state index in [1.54, 1.807) is 0 Å². The molecule has 0 saturated carbocycles. The molecule has 0 spiro atoms. The standard InChI is InChI=1S/C16H11Cl2F3O4/c17-11-3-2-10(8-14(11)24-6-5-15(22)23)25-13-4-1-9(7-12(13)18)16(19,20)21/h1-4,7-8H,5-6H2,(H,22,23). The van der Waals surface area contributed by atoms with E-state index in [1.807, 2.05) is 0 Å². The monoisotopic (exact) mass is 394 g/mol. The average Bonchev–Trinajstić information content (AvgIpc) is 2.51. The van der Waals surface area contributed by atoms with Crippen molar-refractivity contribution in [2.45, 2.75) is 12.6 Å². The van der Waals surface area contributed by atoms with Crippen LogP contribution in [0.25, 0.3) is 0 Å². The van der Waals surface area contributed by atoms with Crippen molar-refractivity contribution in [3.63, 3.8) is 0 Å². The molecule has 0 aliphatic rings. The van der Waals surface area contributed by atoms with Crippen LogP contribution in [0.15, 0.2) is 36.4 Å². The predicted octanol–water partition coefficient (Wildman–Crippen LogP) is 5.66. The van der Waals surface area contributed by atoms with Gasteiger partial charge in [-0.3, -0.25) is 4.79 Å². The van der Waals surface area contributed by atoms with Gasteiger partial charge in [0.05, 0.1) is 28.6 Å². The molecule has 4 nitrogen and oxygen atoms in total. The molecule has 9 heteroatoms. The van der Waals surface area contributed by atoms with Gasteiger partial charge in [0, 0.05) is 6.07 Å². The SMILES string of the molecule is O=C(O)CCOc1cc(Oc2ccc(C(F)(F)F)cc2Cl)ccc1Cl. The maximum atomic E-state index is 12.6. The van der Waals surface area contributed by atoms with Gasteiger partial charge in [0.2, 0.25) is 0 Å². The Bertz CT molecular complexity index is 778. The molecular formula is C16H11Cl2F3O4. The van der Waals surface area contributed by atoms with Crippen molar-refractivity contribution in [1.29, 1.82) is 0 Å². The summed E-state index contributed by atoms with van der Waals surface area (Å²) in [6, 6.07) is 7.02. The van der Waals surface area contributed by atoms with Crippen molar-refractivity contribution in [3.8, 4) is 17.2 Å². The quantitative estimate of drug-likeness (QED) is 0.686. The highest BCUT2D eigenvalue weighted by atomic mass is 35.5. The van der Waals surface area contributed by atoms with Crippen LogP contribution >= 0.6 is 23.2 Å². The smallest absolute Gasteiger partial charge is 0.416 e. The minimum Gasteiger partial charge on any atom is -0.491 e. The second-order valence-electron chi connectivity index (χ2n) is 4.83. The van der Waals surface area contributed by atoms with Crippen LogP contribution in [0.1, 0.15) is 12.0 Å². The fourth-order valence-electron chi connectivity index (χ4n) is 1.79. The van der Waals surface area contributed by atoms with Gasteiger partial charge >= 0.3 is 12.1 Å². The third-order valence-electron chi connectivity index (χ3n) is 2.96. The number of carbonyl (C=O) groups is 1. The van der Waals surface area contributed by atoms with Gasteiger partial charge in [0.1, 0.15) is 17.2 Å². The maximum Gasteiger partial charge on any atom is 0.416 e. The Morgan fingerprint density at radius 1 is 1.04 bits per heavy atom. The molecule has 1 N–H and O–H groups in total. The highest BCUT2D eigenvalue weighted by Gasteiger charge is 2.31. The Kier molecular flexibility index (Phi) is 6.02. The molecule has 2 aromatic rings. The fourth-order valence-corrected chi connectivity index (χ4v) is 2.18. The summed E-state index contributed by atoms with van der Waals surface area (Å²) in [5.74, 6) is -0.603. The summed E-state index contributed by atoms with van der Waals surface area (Å²) in [5, 5.41) is 8.61. The van der Waals surface area contributed by atoms with Crippen molar-refractivity contribution >= 4 is 29.2 Å². The van der Waals surface area contributed by atoms with Crippen LogP contribution in [0.5, 0.6) is 17.2 Å². The number of rotatable bonds is 6. The molecule has 2 rings (SSSR count). The zero-order valence-corrected chi connectivity index (χ0v) is 14.0. The van der Waals surface area contributed by atoms with Gasteiger partial charge in [-0.15, -0.1) is 0 Å². The zero-order chi connectivity index (χ0) is 18.6. The summed E-state index contributed by atoms with van der Waals surface area (Å²) in [6.45, 7) is -0.0977. The third-order valence-corrected chi connectivity index (χ3v) is 3.57. The van der Waals surface area contributed by atoms with E-state index in [4.69, 9.17) is 37.8 Å². The Labute approximate surface area is 150 Å². The first-order valence-electron chi connectivity index (χ1n) is 6.85. The first kappa shape index (κ1) is 19.2. The minimum absolute atomic E-state index is 0.0217. The maximum absolute atomic E-state index is 12.6. The van der Waals surface area contributed by atoms with Crippen LogP contribution in [0.3, 0.4) is 0 Å². The van der Waals surface area contributed by atoms with E-state index in [0.29, 0.717) is 0 Å². The molecule has 0 saturated heterocycles. The summed E-state index contributed by atoms with van der Waals surface area (Å²) in [4.78, 5) is 10.5. The van der Waals surface area contributed by atoms with Crippen LogP contribution in [-0.2, 0) is 11.0 Å². The second kappa shape index (κ2) is 7.84. The highest BCUT2D eigenvalue weighted by molar-refractivity contribution is 6.32. The number of alkyl halides is 3. The van der Waals surface area contributed by atoms with Crippen molar-refractivity contribution in [3.05, 3.63) is 52.0 Å². The molecule has 0 fully saturated rings. The molecule has 0 aliphatic carbocycles. The van der Waals surface area contributed by atoms with Crippen LogP contribution < -0.4 is 9.47 Å². The Morgan fingerprint density at radius 2 is 1.76 bits per heavy atom. The van der Waals surface area contributed by atoms with Gasteiger partial charge in [-0.1, -0.05) is 23.2 Å². The van der Waals surface area contributed by atoms with Crippen LogP contribution in [-0.4, -0.2) is 17.7 Å². The predicted molar refractivity (Wildman–Crippen MR) is 85.7 cm³/mol. The number of halogens is 5. The van der Waals surface area contributed by atoms with Crippen LogP contribution in [0.4, 0.5) is 13.2 Å². The Hall–Kier alpha value is -2.12. The lowest BCUT2D eigenvalue weighted by Crippen LogP contribution is -2.05. The number of carboxylic acids is 1. The van der Waals surface area contributed by atoms with E-state index in [9.17, 15) is 18.0 Å². The largest absolute Gasteiger partial charge is 0.491 e. The van der Waals surface area contributed by atoms with Gasteiger partial charge in [-0.25, -0.2) is 0 Å². The fraction of sp³-hybridized carbons (Fsp3) is 0.188. The molecule has 0 heterocycles. The molecule has 134 valence electrons. The highest BCUT2D eigenvalue weighted by Crippen LogP contribution is 2.37. The first-order chi connectivity index (χ1) is 11.7. The van der Waals surface area contributed by atoms with E-state index in [1.165, 1.54) is 18.2 Å². The topological polar surface area (TPSA) is 55.8 Å². The summed E-state index contributed by atoms with van der Waals surface area (Å²) in [5.41, 5.74) is -0.890. The van der Waals surface area contributed by atoms with E-state index >= 15 is 0 Å². The van der Waals surface area contributed by atoms with Gasteiger partial charge < -0.3 is 14.6 Å². The number of aliphatic carboxylic acids is 1. The lowest BCUT2D eigenvalue weighted by atomic mass is 10.2. The summed E-state index contributed by atoms with van der Waals surface area (Å²) in [6.07, 6.45) is -4.72. The average molecular weight is 395 g/mol. The van der Waals surface area contributed by atoms with Crippen molar-refractivity contribution < 1.29 is 32.5 Å². The first-order valence-corrected chi connectivity index (χ1v) is 7.61. The molecule has 0 bridgehead atoms. The van der Waals surface area contributed by atoms with Crippen molar-refractivity contribution in [1.82, 2.24) is 0 Å². The van der Waals surface area contributed by atoms with E-state index < -0.39 is 17.7 Å². The lowest BCUT2D eigenvalue weighted by molar-refractivity contribution is -0.138. The number of ether oxygens (including phenoxy) is 2. The molecule has 0 aliphatic heterocycles. The molecule has 2 aromatic carbocycles. The third kappa shape index (κ3) is 5.44. The van der Waals surface area contributed by atoms with Crippen molar-refractivity contribution in [2.24, 2.45) is 0 Å². The van der Waals surface area contributed by atoms with Gasteiger partial charge in [0.15, 0.2) is 0 Å². The molecule has 0 amide bonds. The molecule has 0 aromatic heterocycles. The van der Waals surface area contributed by atoms with E-state index in [-0.39, 0.29) is 40.3 Å². The number of carboxylic acid groups (broad SMARTS) is 1. The van der Waals surface area contributed by atoms with Gasteiger partial charge in [-0.05, 0) is 30.3 Å². The second-order valence-corrected chi connectivity index (χ2v) is 5.64. The van der Waals surface area contributed by atoms with E-state index in [0.717, 1.165) is 18.2 Å². The minimum atomic E-state index is -4.51. The van der Waals surface area contributed by atoms with E-state index in [2.05, 4.69) is 0 Å². The molecule has 0 atom stereocenters. The normalized spacial score (nSPS) is 11.2. The molecular weight excluding hydrogens is 384 g/mol. The number of benzene rings is 2. The molecule has 25 heavy (non-hydrogen) atoms. The van der Waals surface area contributed by atoms with Crippen LogP contribution in [0, 0.1) is 0 Å². The van der Waals surface area contributed by atoms with Crippen LogP contribution in [0.2, 0.25) is 10.0 Å². The van der Waals surface area contributed by atoms with Gasteiger partial charge in [-0.2, -0.15) is 13.2 Å². The number of hydrogen-bond donors (Lipinski definition) is 1. The number of hydrogen-bond acceptors (Lipinski definition) is 3. The molecule has 0 unspecified atom stereocenters. The Morgan fingerprint density at radius 3 is 2.36 bits per heavy atom. The summed E-state index contributed by atoms with van der Waals surface area (Å²) in [7, 11) is 0. The summed E-state index contributed by atoms with van der Waals surface area (Å²) < 4.78 is 48.6. The zero-order valence-electron chi connectivity index (χ0n) is 12.4. The van der Waals surface area contributed by atoms with Crippen molar-refractivity contribution in [2.75, 3.05) is 6.61 Å². The summed E-state index contributed by atoms with van der Waals surface area (Å²) >= 11 is 11.8. The Balaban J connectivity index is 2.16. The van der Waals surface area contributed by atoms with Gasteiger partial charge in [0.25, 0.3) is 0 Å². The lowest BCUT2D eigenvalue weighted by Gasteiger charge is -2.13.